The quantitative estimate of drug-likeness (QED) is 0.599. The van der Waals surface area contributed by atoms with Gasteiger partial charge in [-0.1, -0.05) is 18.2 Å². The molecule has 0 aliphatic rings. The Hall–Kier alpha value is -3.43. The Morgan fingerprint density at radius 3 is 2.27 bits per heavy atom. The van der Waals surface area contributed by atoms with E-state index in [0.29, 0.717) is 12.1 Å². The van der Waals surface area contributed by atoms with Crippen LogP contribution in [0.1, 0.15) is 15.9 Å². The van der Waals surface area contributed by atoms with E-state index in [4.69, 9.17) is 5.73 Å². The van der Waals surface area contributed by atoms with Crippen molar-refractivity contribution in [3.63, 3.8) is 0 Å². The lowest BCUT2D eigenvalue weighted by atomic mass is 10.0. The number of amides is 2. The summed E-state index contributed by atoms with van der Waals surface area (Å²) in [5.74, 6) is -6.56. The zero-order chi connectivity index (χ0) is 19.4. The topological polar surface area (TPSA) is 115 Å². The van der Waals surface area contributed by atoms with Gasteiger partial charge in [0.15, 0.2) is 0 Å². The molecule has 0 saturated carbocycles. The maximum atomic E-state index is 13.7. The summed E-state index contributed by atoms with van der Waals surface area (Å²) in [6, 6.07) is 4.55. The molecule has 3 N–H and O–H groups in total. The van der Waals surface area contributed by atoms with Crippen molar-refractivity contribution in [3.05, 3.63) is 75.1 Å². The number of nitro benzene ring substituents is 1. The molecule has 0 heterocycles. The van der Waals surface area contributed by atoms with E-state index in [9.17, 15) is 32.9 Å². The molecule has 136 valence electrons. The van der Waals surface area contributed by atoms with Crippen LogP contribution in [-0.2, 0) is 11.2 Å². The van der Waals surface area contributed by atoms with E-state index in [-0.39, 0.29) is 17.7 Å². The first-order valence-electron chi connectivity index (χ1n) is 7.17. The van der Waals surface area contributed by atoms with Gasteiger partial charge in [-0.3, -0.25) is 19.7 Å². The molecule has 2 aromatic carbocycles. The number of nitro groups is 1. The molecular weight excluding hydrogens is 355 g/mol. The molecule has 0 saturated heterocycles. The summed E-state index contributed by atoms with van der Waals surface area (Å²) in [5, 5.41) is 13.0. The summed E-state index contributed by atoms with van der Waals surface area (Å²) in [5.41, 5.74) is 3.84. The maximum absolute atomic E-state index is 13.7. The second-order valence-electron chi connectivity index (χ2n) is 5.26. The highest BCUT2D eigenvalue weighted by atomic mass is 19.1. The molecule has 10 heteroatoms. The van der Waals surface area contributed by atoms with E-state index in [1.165, 1.54) is 24.3 Å². The van der Waals surface area contributed by atoms with Gasteiger partial charge in [-0.15, -0.1) is 0 Å². The first kappa shape index (κ1) is 18.9. The van der Waals surface area contributed by atoms with Gasteiger partial charge in [0.25, 0.3) is 11.6 Å². The first-order valence-corrected chi connectivity index (χ1v) is 7.17. The summed E-state index contributed by atoms with van der Waals surface area (Å²) in [4.78, 5) is 34.0. The second kappa shape index (κ2) is 7.64. The summed E-state index contributed by atoms with van der Waals surface area (Å²) >= 11 is 0. The molecule has 0 radical (unpaired) electrons. The number of halogens is 3. The van der Waals surface area contributed by atoms with Crippen LogP contribution in [0.2, 0.25) is 0 Å². The highest BCUT2D eigenvalue weighted by molar-refractivity contribution is 5.97. The average Bonchev–Trinajstić information content (AvgIpc) is 2.53. The summed E-state index contributed by atoms with van der Waals surface area (Å²) in [7, 11) is 0. The lowest BCUT2D eigenvalue weighted by Gasteiger charge is -2.16. The number of nitrogens with zero attached hydrogens (tertiary/aromatic N) is 1. The highest BCUT2D eigenvalue weighted by Gasteiger charge is 2.26. The molecule has 7 nitrogen and oxygen atoms in total. The number of hydrogen-bond acceptors (Lipinski definition) is 4. The number of nitrogens with two attached hydrogens (primary N) is 1. The van der Waals surface area contributed by atoms with Crippen molar-refractivity contribution >= 4 is 17.5 Å². The monoisotopic (exact) mass is 367 g/mol. The Balaban J connectivity index is 2.29. The third-order valence-corrected chi connectivity index (χ3v) is 3.50. The highest BCUT2D eigenvalue weighted by Crippen LogP contribution is 2.20. The molecular formula is C16H12F3N3O4. The van der Waals surface area contributed by atoms with Crippen molar-refractivity contribution in [1.82, 2.24) is 5.32 Å². The van der Waals surface area contributed by atoms with E-state index in [2.05, 4.69) is 0 Å². The van der Waals surface area contributed by atoms with Crippen molar-refractivity contribution in [2.75, 3.05) is 0 Å². The first-order chi connectivity index (χ1) is 12.2. The van der Waals surface area contributed by atoms with E-state index in [0.717, 1.165) is 0 Å². The Morgan fingerprint density at radius 2 is 1.73 bits per heavy atom. The van der Waals surface area contributed by atoms with Crippen LogP contribution in [0.4, 0.5) is 18.9 Å². The number of nitrogens with one attached hydrogen (secondary N) is 1. The lowest BCUT2D eigenvalue weighted by Crippen LogP contribution is -2.46. The Morgan fingerprint density at radius 1 is 1.15 bits per heavy atom. The van der Waals surface area contributed by atoms with Crippen LogP contribution in [0.15, 0.2) is 36.4 Å². The fourth-order valence-corrected chi connectivity index (χ4v) is 2.29. The van der Waals surface area contributed by atoms with Crippen LogP contribution in [0.5, 0.6) is 0 Å². The molecule has 0 bridgehead atoms. The summed E-state index contributed by atoms with van der Waals surface area (Å²) in [6.07, 6.45) is -0.372. The number of benzene rings is 2. The van der Waals surface area contributed by atoms with E-state index in [1.807, 2.05) is 5.32 Å². The molecule has 0 aliphatic heterocycles. The van der Waals surface area contributed by atoms with Gasteiger partial charge < -0.3 is 11.1 Å². The van der Waals surface area contributed by atoms with Gasteiger partial charge in [-0.05, 0) is 0 Å². The molecule has 2 amide bonds. The van der Waals surface area contributed by atoms with Crippen LogP contribution in [0.3, 0.4) is 0 Å². The Kier molecular flexibility index (Phi) is 5.55. The van der Waals surface area contributed by atoms with E-state index < -0.39 is 45.8 Å². The third kappa shape index (κ3) is 4.15. The Labute approximate surface area is 144 Å². The van der Waals surface area contributed by atoms with Crippen molar-refractivity contribution in [2.24, 2.45) is 5.73 Å². The Bertz CT molecular complexity index is 866. The van der Waals surface area contributed by atoms with Gasteiger partial charge in [0.05, 0.1) is 4.92 Å². The molecule has 1 atom stereocenters. The predicted molar refractivity (Wildman–Crippen MR) is 83.6 cm³/mol. The normalized spacial score (nSPS) is 11.7. The zero-order valence-electron chi connectivity index (χ0n) is 13.0. The van der Waals surface area contributed by atoms with Gasteiger partial charge in [0, 0.05) is 30.2 Å². The van der Waals surface area contributed by atoms with Crippen molar-refractivity contribution in [1.29, 1.82) is 0 Å². The molecule has 0 aliphatic carbocycles. The summed E-state index contributed by atoms with van der Waals surface area (Å²) < 4.78 is 40.2. The molecule has 0 spiro atoms. The minimum atomic E-state index is -1.48. The standard InChI is InChI=1S/C16H12F3N3O4/c17-9-6-10(18)14(11(19)7-9)16(24)21-12(15(20)23)5-8-3-1-2-4-13(8)22(25)26/h1-4,6-7,12H,5H2,(H2,20,23)(H,21,24)/t12-/m1/s1. The molecule has 26 heavy (non-hydrogen) atoms. The minimum Gasteiger partial charge on any atom is -0.368 e. The lowest BCUT2D eigenvalue weighted by molar-refractivity contribution is -0.385. The van der Waals surface area contributed by atoms with E-state index >= 15 is 0 Å². The van der Waals surface area contributed by atoms with Gasteiger partial charge in [-0.2, -0.15) is 0 Å². The molecule has 2 aromatic rings. The number of hydrogen-bond donors (Lipinski definition) is 2. The van der Waals surface area contributed by atoms with Crippen LogP contribution in [0, 0.1) is 27.6 Å². The average molecular weight is 367 g/mol. The van der Waals surface area contributed by atoms with Gasteiger partial charge in [-0.25, -0.2) is 13.2 Å². The third-order valence-electron chi connectivity index (χ3n) is 3.50. The minimum absolute atomic E-state index is 0.0849. The van der Waals surface area contributed by atoms with Crippen molar-refractivity contribution < 1.29 is 27.7 Å². The predicted octanol–water partition coefficient (Wildman–Crippen LogP) is 1.84. The van der Waals surface area contributed by atoms with Crippen LogP contribution in [-0.4, -0.2) is 22.8 Å². The van der Waals surface area contributed by atoms with Crippen molar-refractivity contribution in [2.45, 2.75) is 12.5 Å². The van der Waals surface area contributed by atoms with Gasteiger partial charge in [0.2, 0.25) is 5.91 Å². The number of rotatable bonds is 6. The number of carbonyl (C=O) groups excluding carboxylic acids is 2. The number of carbonyl (C=O) groups is 2. The van der Waals surface area contributed by atoms with Crippen LogP contribution < -0.4 is 11.1 Å². The van der Waals surface area contributed by atoms with Crippen molar-refractivity contribution in [3.8, 4) is 0 Å². The second-order valence-corrected chi connectivity index (χ2v) is 5.26. The largest absolute Gasteiger partial charge is 0.368 e. The fraction of sp³-hybridized carbons (Fsp3) is 0.125. The maximum Gasteiger partial charge on any atom is 0.272 e. The number of para-hydroxylation sites is 1. The van der Waals surface area contributed by atoms with Gasteiger partial charge >= 0.3 is 0 Å². The van der Waals surface area contributed by atoms with Gasteiger partial charge in [0.1, 0.15) is 29.1 Å². The molecule has 0 aromatic heterocycles. The zero-order valence-corrected chi connectivity index (χ0v) is 13.0. The number of primary amides is 1. The molecule has 0 unspecified atom stereocenters. The van der Waals surface area contributed by atoms with E-state index in [1.54, 1.807) is 0 Å². The van der Waals surface area contributed by atoms with Crippen LogP contribution in [0.25, 0.3) is 0 Å². The fourth-order valence-electron chi connectivity index (χ4n) is 2.29. The molecule has 2 rings (SSSR count). The van der Waals surface area contributed by atoms with Crippen LogP contribution >= 0.6 is 0 Å². The smallest absolute Gasteiger partial charge is 0.272 e. The molecule has 0 fully saturated rings. The summed E-state index contributed by atoms with van der Waals surface area (Å²) in [6.45, 7) is 0. The SMILES string of the molecule is NC(=O)[C@@H](Cc1ccccc1[N+](=O)[O-])NC(=O)c1c(F)cc(F)cc1F.